The highest BCUT2D eigenvalue weighted by Crippen LogP contribution is 2.40. The van der Waals surface area contributed by atoms with Crippen LogP contribution in [-0.2, 0) is 0 Å². The molecule has 1 aliphatic rings. The van der Waals surface area contributed by atoms with Crippen LogP contribution in [0.1, 0.15) is 35.6 Å². The number of rotatable bonds is 1. The molecule has 104 valence electrons. The van der Waals surface area contributed by atoms with Gasteiger partial charge >= 0.3 is 0 Å². The van der Waals surface area contributed by atoms with Crippen LogP contribution in [0.3, 0.4) is 0 Å². The zero-order valence-corrected chi connectivity index (χ0v) is 14.1. The van der Waals surface area contributed by atoms with Gasteiger partial charge in [0.2, 0.25) is 0 Å². The highest BCUT2D eigenvalue weighted by Gasteiger charge is 2.28. The molecule has 2 atom stereocenters. The molecule has 2 aromatic rings. The summed E-state index contributed by atoms with van der Waals surface area (Å²) < 4.78 is 1.09. The van der Waals surface area contributed by atoms with E-state index in [9.17, 15) is 0 Å². The Hall–Kier alpha value is -0.540. The molecule has 0 amide bonds. The molecule has 1 nitrogen and oxygen atoms in total. The van der Waals surface area contributed by atoms with Gasteiger partial charge in [-0.2, -0.15) is 0 Å². The van der Waals surface area contributed by atoms with E-state index >= 15 is 0 Å². The zero-order valence-electron chi connectivity index (χ0n) is 11.0. The third kappa shape index (κ3) is 2.62. The number of fused-ring (bicyclic) bond motifs is 1. The molecule has 1 N–H and O–H groups in total. The number of halogens is 3. The van der Waals surface area contributed by atoms with Crippen molar-refractivity contribution in [2.45, 2.75) is 18.9 Å². The summed E-state index contributed by atoms with van der Waals surface area (Å²) in [6.45, 7) is 3.02. The van der Waals surface area contributed by atoms with E-state index in [0.717, 1.165) is 21.6 Å². The van der Waals surface area contributed by atoms with Crippen molar-refractivity contribution in [2.24, 2.45) is 0 Å². The van der Waals surface area contributed by atoms with Gasteiger partial charge in [-0.1, -0.05) is 51.3 Å². The van der Waals surface area contributed by atoms with Gasteiger partial charge in [-0.15, -0.1) is 0 Å². The first-order chi connectivity index (χ1) is 9.56. The molecule has 0 saturated heterocycles. The van der Waals surface area contributed by atoms with Crippen LogP contribution in [0.25, 0.3) is 0 Å². The van der Waals surface area contributed by atoms with Gasteiger partial charge in [0.05, 0.1) is 0 Å². The Balaban J connectivity index is 2.15. The third-order valence-corrected chi connectivity index (χ3v) is 4.84. The standard InChI is InChI=1S/C16H14BrCl2N/c1-9-16-13(6-12(18)7-15(16)19)14(8-20-9)10-3-2-4-11(17)5-10/h2-7,9,14,20H,8H2,1H3. The Bertz CT molecular complexity index is 657. The van der Waals surface area contributed by atoms with E-state index < -0.39 is 0 Å². The second-order valence-electron chi connectivity index (χ2n) is 5.13. The maximum Gasteiger partial charge on any atom is 0.0471 e. The second-order valence-corrected chi connectivity index (χ2v) is 6.89. The van der Waals surface area contributed by atoms with E-state index in [1.54, 1.807) is 0 Å². The molecule has 0 spiro atoms. The first-order valence-electron chi connectivity index (χ1n) is 6.54. The quantitative estimate of drug-likeness (QED) is 0.693. The Morgan fingerprint density at radius 1 is 1.20 bits per heavy atom. The Morgan fingerprint density at radius 3 is 2.75 bits per heavy atom. The maximum absolute atomic E-state index is 6.39. The van der Waals surface area contributed by atoms with E-state index in [4.69, 9.17) is 23.2 Å². The largest absolute Gasteiger partial charge is 0.309 e. The summed E-state index contributed by atoms with van der Waals surface area (Å²) in [4.78, 5) is 0. The molecule has 0 aromatic heterocycles. The summed E-state index contributed by atoms with van der Waals surface area (Å²) in [6.07, 6.45) is 0. The first-order valence-corrected chi connectivity index (χ1v) is 8.09. The molecular formula is C16H14BrCl2N. The lowest BCUT2D eigenvalue weighted by Crippen LogP contribution is -2.32. The molecule has 0 saturated carbocycles. The second kappa shape index (κ2) is 5.69. The van der Waals surface area contributed by atoms with E-state index in [2.05, 4.69) is 46.4 Å². The minimum atomic E-state index is 0.248. The van der Waals surface area contributed by atoms with E-state index in [1.165, 1.54) is 11.1 Å². The maximum atomic E-state index is 6.39. The highest BCUT2D eigenvalue weighted by atomic mass is 79.9. The van der Waals surface area contributed by atoms with Gasteiger partial charge in [-0.05, 0) is 47.9 Å². The molecular weight excluding hydrogens is 357 g/mol. The minimum Gasteiger partial charge on any atom is -0.309 e. The topological polar surface area (TPSA) is 12.0 Å². The van der Waals surface area contributed by atoms with Crippen molar-refractivity contribution < 1.29 is 0 Å². The molecule has 20 heavy (non-hydrogen) atoms. The van der Waals surface area contributed by atoms with Gasteiger partial charge in [-0.25, -0.2) is 0 Å². The van der Waals surface area contributed by atoms with Crippen LogP contribution in [0.15, 0.2) is 40.9 Å². The van der Waals surface area contributed by atoms with Crippen LogP contribution in [0, 0.1) is 0 Å². The van der Waals surface area contributed by atoms with Gasteiger partial charge in [0.15, 0.2) is 0 Å². The summed E-state index contributed by atoms with van der Waals surface area (Å²) >= 11 is 16.1. The fourth-order valence-corrected chi connectivity index (χ4v) is 3.97. The summed E-state index contributed by atoms with van der Waals surface area (Å²) in [5, 5.41) is 4.96. The van der Waals surface area contributed by atoms with Crippen LogP contribution in [0.5, 0.6) is 0 Å². The van der Waals surface area contributed by atoms with Crippen molar-refractivity contribution in [3.05, 3.63) is 67.6 Å². The molecule has 1 aliphatic heterocycles. The molecule has 2 aromatic carbocycles. The smallest absolute Gasteiger partial charge is 0.0471 e. The average molecular weight is 371 g/mol. The van der Waals surface area contributed by atoms with Crippen molar-refractivity contribution in [3.8, 4) is 0 Å². The predicted octanol–water partition coefficient (Wildman–Crippen LogP) is 5.55. The van der Waals surface area contributed by atoms with Gasteiger partial charge < -0.3 is 5.32 Å². The van der Waals surface area contributed by atoms with Crippen molar-refractivity contribution in [1.29, 1.82) is 0 Å². The molecule has 0 aliphatic carbocycles. The third-order valence-electron chi connectivity index (χ3n) is 3.81. The predicted molar refractivity (Wildman–Crippen MR) is 88.9 cm³/mol. The van der Waals surface area contributed by atoms with Crippen molar-refractivity contribution in [1.82, 2.24) is 5.32 Å². The Morgan fingerprint density at radius 2 is 2.00 bits per heavy atom. The molecule has 3 rings (SSSR count). The van der Waals surface area contributed by atoms with Gasteiger partial charge in [0.1, 0.15) is 0 Å². The lowest BCUT2D eigenvalue weighted by Gasteiger charge is -2.32. The lowest BCUT2D eigenvalue weighted by atomic mass is 9.83. The molecule has 0 radical (unpaired) electrons. The van der Waals surface area contributed by atoms with Crippen LogP contribution in [0.4, 0.5) is 0 Å². The van der Waals surface area contributed by atoms with Crippen molar-refractivity contribution >= 4 is 39.1 Å². The van der Waals surface area contributed by atoms with Gasteiger partial charge in [0, 0.05) is 33.0 Å². The lowest BCUT2D eigenvalue weighted by molar-refractivity contribution is 0.508. The van der Waals surface area contributed by atoms with E-state index in [-0.39, 0.29) is 12.0 Å². The van der Waals surface area contributed by atoms with E-state index in [1.807, 2.05) is 18.2 Å². The van der Waals surface area contributed by atoms with Crippen LogP contribution in [0.2, 0.25) is 10.0 Å². The number of nitrogens with one attached hydrogen (secondary N) is 1. The SMILES string of the molecule is CC1NCC(c2cccc(Br)c2)c2cc(Cl)cc(Cl)c21. The molecule has 0 fully saturated rings. The zero-order chi connectivity index (χ0) is 14.3. The normalized spacial score (nSPS) is 21.6. The fraction of sp³-hybridized carbons (Fsp3) is 0.250. The fourth-order valence-electron chi connectivity index (χ4n) is 2.88. The van der Waals surface area contributed by atoms with Gasteiger partial charge in [-0.3, -0.25) is 0 Å². The number of hydrogen-bond acceptors (Lipinski definition) is 1. The number of benzene rings is 2. The van der Waals surface area contributed by atoms with Gasteiger partial charge in [0.25, 0.3) is 0 Å². The molecule has 0 bridgehead atoms. The van der Waals surface area contributed by atoms with Crippen molar-refractivity contribution in [3.63, 3.8) is 0 Å². The van der Waals surface area contributed by atoms with Crippen LogP contribution >= 0.6 is 39.1 Å². The first kappa shape index (κ1) is 14.4. The summed E-state index contributed by atoms with van der Waals surface area (Å²) in [5.74, 6) is 0.273. The average Bonchev–Trinajstić information content (AvgIpc) is 2.38. The van der Waals surface area contributed by atoms with Crippen LogP contribution in [-0.4, -0.2) is 6.54 Å². The van der Waals surface area contributed by atoms with Crippen LogP contribution < -0.4 is 5.32 Å². The summed E-state index contributed by atoms with van der Waals surface area (Å²) in [7, 11) is 0. The number of hydrogen-bond donors (Lipinski definition) is 1. The Labute approximate surface area is 137 Å². The summed E-state index contributed by atoms with van der Waals surface area (Å²) in [5.41, 5.74) is 3.65. The molecule has 2 unspecified atom stereocenters. The Kier molecular flexibility index (Phi) is 4.09. The van der Waals surface area contributed by atoms with Crippen molar-refractivity contribution in [2.75, 3.05) is 6.54 Å². The highest BCUT2D eigenvalue weighted by molar-refractivity contribution is 9.10. The summed E-state index contributed by atoms with van der Waals surface area (Å²) in [6, 6.07) is 12.5. The molecule has 1 heterocycles. The van der Waals surface area contributed by atoms with E-state index in [0.29, 0.717) is 5.02 Å². The monoisotopic (exact) mass is 369 g/mol. The minimum absolute atomic E-state index is 0.248. The molecule has 4 heteroatoms.